The van der Waals surface area contributed by atoms with Gasteiger partial charge in [0.25, 0.3) is 0 Å². The Morgan fingerprint density at radius 3 is 2.00 bits per heavy atom. The molecule has 90 valence electrons. The Hall–Kier alpha value is -0.780. The van der Waals surface area contributed by atoms with Gasteiger partial charge in [-0.1, -0.05) is 13.8 Å². The van der Waals surface area contributed by atoms with Gasteiger partial charge in [0.1, 0.15) is 0 Å². The van der Waals surface area contributed by atoms with E-state index in [9.17, 15) is 18.0 Å². The van der Waals surface area contributed by atoms with Gasteiger partial charge in [-0.2, -0.15) is 13.2 Å². The molecule has 2 unspecified atom stereocenters. The number of hydrogen-bond donors (Lipinski definition) is 2. The van der Waals surface area contributed by atoms with Gasteiger partial charge in [-0.15, -0.1) is 0 Å². The average molecular weight is 228 g/mol. The van der Waals surface area contributed by atoms with Crippen molar-refractivity contribution >= 4 is 5.97 Å². The lowest BCUT2D eigenvalue weighted by atomic mass is 9.92. The van der Waals surface area contributed by atoms with Crippen LogP contribution in [-0.2, 0) is 4.79 Å². The van der Waals surface area contributed by atoms with Crippen molar-refractivity contribution in [2.75, 3.05) is 0 Å². The summed E-state index contributed by atoms with van der Waals surface area (Å²) in [5.74, 6) is -2.47. The summed E-state index contributed by atoms with van der Waals surface area (Å²) in [4.78, 5) is 10.6. The Kier molecular flexibility index (Phi) is 5.07. The van der Waals surface area contributed by atoms with Gasteiger partial charge in [0.05, 0.1) is 5.92 Å². The molecule has 0 aromatic rings. The minimum Gasteiger partial charge on any atom is -0.481 e. The van der Waals surface area contributed by atoms with E-state index in [1.165, 1.54) is 0 Å². The molecule has 0 radical (unpaired) electrons. The van der Waals surface area contributed by atoms with Crippen LogP contribution in [0.3, 0.4) is 0 Å². The number of aliphatic hydroxyl groups excluding tert-OH is 1. The molecule has 0 saturated carbocycles. The van der Waals surface area contributed by atoms with E-state index in [2.05, 4.69) is 0 Å². The molecule has 0 saturated heterocycles. The Morgan fingerprint density at radius 2 is 1.73 bits per heavy atom. The summed E-state index contributed by atoms with van der Waals surface area (Å²) in [6.45, 7) is 3.44. The molecule has 0 heterocycles. The monoisotopic (exact) mass is 228 g/mol. The molecular weight excluding hydrogens is 213 g/mol. The first-order valence-corrected chi connectivity index (χ1v) is 4.62. The predicted molar refractivity (Wildman–Crippen MR) is 47.3 cm³/mol. The number of carboxylic acid groups (broad SMARTS) is 1. The Balaban J connectivity index is 4.36. The first kappa shape index (κ1) is 14.2. The summed E-state index contributed by atoms with van der Waals surface area (Å²) in [6.07, 6.45) is -7.96. The van der Waals surface area contributed by atoms with E-state index in [1.807, 2.05) is 0 Å². The van der Waals surface area contributed by atoms with E-state index in [0.29, 0.717) is 0 Å². The molecular formula is C9H15F3O3. The molecule has 0 rings (SSSR count). The van der Waals surface area contributed by atoms with E-state index < -0.39 is 30.6 Å². The molecule has 0 aromatic carbocycles. The van der Waals surface area contributed by atoms with Crippen molar-refractivity contribution in [1.82, 2.24) is 0 Å². The summed E-state index contributed by atoms with van der Waals surface area (Å²) >= 11 is 0. The second-order valence-electron chi connectivity index (χ2n) is 3.96. The summed E-state index contributed by atoms with van der Waals surface area (Å²) in [7, 11) is 0. The highest BCUT2D eigenvalue weighted by molar-refractivity contribution is 5.70. The normalized spacial score (nSPS) is 16.5. The maximum Gasteiger partial charge on any atom is 0.414 e. The third kappa shape index (κ3) is 5.61. The molecule has 0 aliphatic carbocycles. The molecule has 0 aliphatic rings. The van der Waals surface area contributed by atoms with E-state index in [0.717, 1.165) is 0 Å². The molecule has 0 fully saturated rings. The maximum absolute atomic E-state index is 12.0. The lowest BCUT2D eigenvalue weighted by Gasteiger charge is -2.20. The fourth-order valence-electron chi connectivity index (χ4n) is 1.27. The standard InChI is InChI=1S/C9H15F3O3/c1-5(2)3-6(8(14)15)4-7(13)9(10,11)12/h5-7,13H,3-4H2,1-2H3,(H,14,15). The summed E-state index contributed by atoms with van der Waals surface area (Å²) in [6, 6.07) is 0. The van der Waals surface area contributed by atoms with Gasteiger partial charge in [-0.05, 0) is 18.8 Å². The van der Waals surface area contributed by atoms with Crippen LogP contribution in [0.4, 0.5) is 13.2 Å². The molecule has 0 aromatic heterocycles. The lowest BCUT2D eigenvalue weighted by Crippen LogP contribution is -2.33. The molecule has 6 heteroatoms. The van der Waals surface area contributed by atoms with Crippen molar-refractivity contribution in [3.63, 3.8) is 0 Å². The zero-order chi connectivity index (χ0) is 12.2. The number of halogens is 3. The van der Waals surface area contributed by atoms with E-state index in [4.69, 9.17) is 10.2 Å². The quantitative estimate of drug-likeness (QED) is 0.757. The van der Waals surface area contributed by atoms with Crippen LogP contribution in [0.15, 0.2) is 0 Å². The smallest absolute Gasteiger partial charge is 0.414 e. The van der Waals surface area contributed by atoms with Crippen molar-refractivity contribution in [3.8, 4) is 0 Å². The third-order valence-electron chi connectivity index (χ3n) is 1.99. The van der Waals surface area contributed by atoms with Crippen molar-refractivity contribution in [2.45, 2.75) is 39.0 Å². The molecule has 0 amide bonds. The van der Waals surface area contributed by atoms with Crippen molar-refractivity contribution in [2.24, 2.45) is 11.8 Å². The van der Waals surface area contributed by atoms with Gasteiger partial charge in [-0.3, -0.25) is 4.79 Å². The largest absolute Gasteiger partial charge is 0.481 e. The van der Waals surface area contributed by atoms with Crippen LogP contribution in [-0.4, -0.2) is 28.5 Å². The van der Waals surface area contributed by atoms with Crippen LogP contribution in [0, 0.1) is 11.8 Å². The van der Waals surface area contributed by atoms with Gasteiger partial charge >= 0.3 is 12.1 Å². The fourth-order valence-corrected chi connectivity index (χ4v) is 1.27. The maximum atomic E-state index is 12.0. The average Bonchev–Trinajstić information content (AvgIpc) is 1.99. The lowest BCUT2D eigenvalue weighted by molar-refractivity contribution is -0.209. The Morgan fingerprint density at radius 1 is 1.27 bits per heavy atom. The first-order chi connectivity index (χ1) is 6.64. The number of hydrogen-bond acceptors (Lipinski definition) is 2. The van der Waals surface area contributed by atoms with E-state index in [-0.39, 0.29) is 12.3 Å². The number of aliphatic hydroxyl groups is 1. The number of rotatable bonds is 5. The Bertz CT molecular complexity index is 213. The minimum absolute atomic E-state index is 0.0217. The van der Waals surface area contributed by atoms with Crippen molar-refractivity contribution in [3.05, 3.63) is 0 Å². The second-order valence-corrected chi connectivity index (χ2v) is 3.96. The van der Waals surface area contributed by atoms with E-state index >= 15 is 0 Å². The number of carboxylic acids is 1. The second kappa shape index (κ2) is 5.34. The van der Waals surface area contributed by atoms with Gasteiger partial charge in [0.15, 0.2) is 6.10 Å². The van der Waals surface area contributed by atoms with Crippen molar-refractivity contribution in [1.29, 1.82) is 0 Å². The topological polar surface area (TPSA) is 57.5 Å². The molecule has 2 N–H and O–H groups in total. The highest BCUT2D eigenvalue weighted by Crippen LogP contribution is 2.27. The SMILES string of the molecule is CC(C)CC(CC(O)C(F)(F)F)C(=O)O. The zero-order valence-electron chi connectivity index (χ0n) is 8.58. The number of aliphatic carboxylic acids is 1. The fraction of sp³-hybridized carbons (Fsp3) is 0.889. The van der Waals surface area contributed by atoms with Crippen LogP contribution in [0.2, 0.25) is 0 Å². The minimum atomic E-state index is -4.75. The third-order valence-corrected chi connectivity index (χ3v) is 1.99. The van der Waals surface area contributed by atoms with Crippen LogP contribution >= 0.6 is 0 Å². The van der Waals surface area contributed by atoms with Gasteiger partial charge < -0.3 is 10.2 Å². The zero-order valence-corrected chi connectivity index (χ0v) is 8.58. The summed E-state index contributed by atoms with van der Waals surface area (Å²) < 4.78 is 35.9. The number of alkyl halides is 3. The summed E-state index contributed by atoms with van der Waals surface area (Å²) in [5, 5.41) is 17.4. The molecule has 2 atom stereocenters. The van der Waals surface area contributed by atoms with E-state index in [1.54, 1.807) is 13.8 Å². The van der Waals surface area contributed by atoms with Crippen LogP contribution < -0.4 is 0 Å². The van der Waals surface area contributed by atoms with Gasteiger partial charge in [0.2, 0.25) is 0 Å². The van der Waals surface area contributed by atoms with Crippen LogP contribution in [0.5, 0.6) is 0 Å². The van der Waals surface area contributed by atoms with Gasteiger partial charge in [-0.25, -0.2) is 0 Å². The molecule has 3 nitrogen and oxygen atoms in total. The first-order valence-electron chi connectivity index (χ1n) is 4.62. The van der Waals surface area contributed by atoms with Crippen molar-refractivity contribution < 1.29 is 28.2 Å². The predicted octanol–water partition coefficient (Wildman–Crippen LogP) is 2.05. The summed E-state index contributed by atoms with van der Waals surface area (Å²) in [5.41, 5.74) is 0. The molecule has 0 aliphatic heterocycles. The molecule has 0 bridgehead atoms. The molecule has 15 heavy (non-hydrogen) atoms. The highest BCUT2D eigenvalue weighted by Gasteiger charge is 2.40. The molecule has 0 spiro atoms. The van der Waals surface area contributed by atoms with Crippen LogP contribution in [0.25, 0.3) is 0 Å². The number of carbonyl (C=O) groups is 1. The van der Waals surface area contributed by atoms with Gasteiger partial charge in [0, 0.05) is 0 Å². The Labute approximate surface area is 85.9 Å². The highest BCUT2D eigenvalue weighted by atomic mass is 19.4. The van der Waals surface area contributed by atoms with Crippen LogP contribution in [0.1, 0.15) is 26.7 Å².